The minimum Gasteiger partial charge on any atom is -0.317 e. The summed E-state index contributed by atoms with van der Waals surface area (Å²) in [5.74, 6) is 0. The molecule has 0 radical (unpaired) electrons. The molecule has 1 aliphatic heterocycles. The maximum absolute atomic E-state index is 3.50. The molecule has 0 spiro atoms. The van der Waals surface area contributed by atoms with Gasteiger partial charge in [-0.3, -0.25) is 4.90 Å². The Hall–Kier alpha value is -0.860. The molecule has 2 rings (SSSR count). The van der Waals surface area contributed by atoms with Crippen molar-refractivity contribution in [1.29, 1.82) is 0 Å². The van der Waals surface area contributed by atoms with Crippen molar-refractivity contribution in [2.45, 2.75) is 52.1 Å². The zero-order chi connectivity index (χ0) is 13.8. The van der Waals surface area contributed by atoms with Gasteiger partial charge in [-0.05, 0) is 65.7 Å². The molecule has 0 aliphatic carbocycles. The zero-order valence-electron chi connectivity index (χ0n) is 12.9. The van der Waals surface area contributed by atoms with E-state index in [1.807, 2.05) is 0 Å². The fourth-order valence-electron chi connectivity index (χ4n) is 3.21. The summed E-state index contributed by atoms with van der Waals surface area (Å²) in [6.45, 7) is 9.07. The molecule has 1 aliphatic rings. The smallest absolute Gasteiger partial charge is 0.0319 e. The molecular formula is C17H28N2. The van der Waals surface area contributed by atoms with Gasteiger partial charge >= 0.3 is 0 Å². The second-order valence-corrected chi connectivity index (χ2v) is 6.10. The van der Waals surface area contributed by atoms with E-state index >= 15 is 0 Å². The predicted octanol–water partition coefficient (Wildman–Crippen LogP) is 3.44. The van der Waals surface area contributed by atoms with Gasteiger partial charge in [-0.15, -0.1) is 0 Å². The summed E-state index contributed by atoms with van der Waals surface area (Å²) in [4.78, 5) is 2.57. The highest BCUT2D eigenvalue weighted by Crippen LogP contribution is 2.26. The van der Waals surface area contributed by atoms with Gasteiger partial charge in [0, 0.05) is 12.1 Å². The summed E-state index contributed by atoms with van der Waals surface area (Å²) in [5.41, 5.74) is 4.20. The highest BCUT2D eigenvalue weighted by molar-refractivity contribution is 5.30. The van der Waals surface area contributed by atoms with E-state index in [0.717, 1.165) is 6.54 Å². The molecule has 2 nitrogen and oxygen atoms in total. The first kappa shape index (κ1) is 14.5. The van der Waals surface area contributed by atoms with Gasteiger partial charge in [0.05, 0.1) is 0 Å². The maximum Gasteiger partial charge on any atom is 0.0319 e. The summed E-state index contributed by atoms with van der Waals surface area (Å²) in [6.07, 6.45) is 3.89. The minimum atomic E-state index is 0.502. The van der Waals surface area contributed by atoms with Gasteiger partial charge in [0.25, 0.3) is 0 Å². The predicted molar refractivity (Wildman–Crippen MR) is 82.6 cm³/mol. The van der Waals surface area contributed by atoms with E-state index in [9.17, 15) is 0 Å². The molecule has 19 heavy (non-hydrogen) atoms. The van der Waals surface area contributed by atoms with Crippen LogP contribution in [0.3, 0.4) is 0 Å². The van der Waals surface area contributed by atoms with Crippen LogP contribution in [0.1, 0.15) is 48.9 Å². The van der Waals surface area contributed by atoms with E-state index in [0.29, 0.717) is 12.1 Å². The van der Waals surface area contributed by atoms with Crippen molar-refractivity contribution >= 4 is 0 Å². The summed E-state index contributed by atoms with van der Waals surface area (Å²) < 4.78 is 0. The summed E-state index contributed by atoms with van der Waals surface area (Å²) >= 11 is 0. The summed E-state index contributed by atoms with van der Waals surface area (Å²) in [7, 11) is 2.29. The Morgan fingerprint density at radius 2 is 1.79 bits per heavy atom. The maximum atomic E-state index is 3.50. The summed E-state index contributed by atoms with van der Waals surface area (Å²) in [5, 5.41) is 3.50. The van der Waals surface area contributed by atoms with Crippen LogP contribution in [0.25, 0.3) is 0 Å². The monoisotopic (exact) mass is 260 g/mol. The molecule has 2 unspecified atom stereocenters. The first-order valence-corrected chi connectivity index (χ1v) is 7.59. The first-order chi connectivity index (χ1) is 9.08. The average Bonchev–Trinajstić information content (AvgIpc) is 2.64. The number of aryl methyl sites for hydroxylation is 2. The van der Waals surface area contributed by atoms with Crippen molar-refractivity contribution in [2.24, 2.45) is 0 Å². The number of nitrogens with zero attached hydrogens (tertiary/aromatic N) is 1. The standard InChI is InChI=1S/C17H28N2/c1-13-10-14(2)12-16(11-13)15(3)19(4)17-6-5-8-18-9-7-17/h10-12,15,17-18H,5-9H2,1-4H3. The van der Waals surface area contributed by atoms with Crippen LogP contribution in [0.15, 0.2) is 18.2 Å². The van der Waals surface area contributed by atoms with Crippen LogP contribution in [0, 0.1) is 13.8 Å². The number of hydrogen-bond acceptors (Lipinski definition) is 2. The SMILES string of the molecule is Cc1cc(C)cc(C(C)N(C)C2CCCNCC2)c1. The first-order valence-electron chi connectivity index (χ1n) is 7.59. The van der Waals surface area contributed by atoms with E-state index < -0.39 is 0 Å². The van der Waals surface area contributed by atoms with E-state index in [2.05, 4.69) is 56.2 Å². The van der Waals surface area contributed by atoms with E-state index in [1.54, 1.807) is 0 Å². The van der Waals surface area contributed by atoms with Gasteiger partial charge in [0.1, 0.15) is 0 Å². The Balaban J connectivity index is 2.10. The molecule has 1 aromatic carbocycles. The molecule has 0 saturated carbocycles. The Labute approximate surface area is 118 Å². The lowest BCUT2D eigenvalue weighted by Gasteiger charge is -2.33. The van der Waals surface area contributed by atoms with Gasteiger partial charge in [0.2, 0.25) is 0 Å². The number of nitrogens with one attached hydrogen (secondary N) is 1. The molecule has 2 heteroatoms. The molecule has 0 aromatic heterocycles. The van der Waals surface area contributed by atoms with E-state index in [1.165, 1.54) is 42.5 Å². The van der Waals surface area contributed by atoms with Crippen molar-refractivity contribution in [3.8, 4) is 0 Å². The normalized spacial score (nSPS) is 22.3. The lowest BCUT2D eigenvalue weighted by molar-refractivity contribution is 0.171. The second-order valence-electron chi connectivity index (χ2n) is 6.10. The molecule has 0 amide bonds. The van der Waals surface area contributed by atoms with Crippen molar-refractivity contribution in [3.63, 3.8) is 0 Å². The molecule has 1 fully saturated rings. The fourth-order valence-corrected chi connectivity index (χ4v) is 3.21. The van der Waals surface area contributed by atoms with Crippen molar-refractivity contribution in [1.82, 2.24) is 10.2 Å². The third-order valence-electron chi connectivity index (χ3n) is 4.46. The highest BCUT2D eigenvalue weighted by Gasteiger charge is 2.22. The topological polar surface area (TPSA) is 15.3 Å². The lowest BCUT2D eigenvalue weighted by atomic mass is 9.99. The third kappa shape index (κ3) is 3.80. The van der Waals surface area contributed by atoms with Gasteiger partial charge < -0.3 is 5.32 Å². The van der Waals surface area contributed by atoms with E-state index in [4.69, 9.17) is 0 Å². The lowest BCUT2D eigenvalue weighted by Crippen LogP contribution is -2.34. The van der Waals surface area contributed by atoms with Crippen LogP contribution in [0.2, 0.25) is 0 Å². The van der Waals surface area contributed by atoms with Crippen LogP contribution < -0.4 is 5.32 Å². The van der Waals surface area contributed by atoms with Crippen LogP contribution in [-0.4, -0.2) is 31.1 Å². The van der Waals surface area contributed by atoms with Gasteiger partial charge in [-0.2, -0.15) is 0 Å². The second kappa shape index (κ2) is 6.53. The molecule has 1 N–H and O–H groups in total. The Morgan fingerprint density at radius 3 is 2.47 bits per heavy atom. The molecule has 2 atom stereocenters. The third-order valence-corrected chi connectivity index (χ3v) is 4.46. The van der Waals surface area contributed by atoms with Crippen LogP contribution in [-0.2, 0) is 0 Å². The van der Waals surface area contributed by atoms with Crippen molar-refractivity contribution in [3.05, 3.63) is 34.9 Å². The Bertz CT molecular complexity index is 385. The van der Waals surface area contributed by atoms with Crippen molar-refractivity contribution < 1.29 is 0 Å². The Kier molecular flexibility index (Phi) is 5.00. The van der Waals surface area contributed by atoms with Gasteiger partial charge in [0.15, 0.2) is 0 Å². The van der Waals surface area contributed by atoms with Gasteiger partial charge in [-0.1, -0.05) is 29.3 Å². The molecule has 0 bridgehead atoms. The Morgan fingerprint density at radius 1 is 1.11 bits per heavy atom. The summed E-state index contributed by atoms with van der Waals surface area (Å²) in [6, 6.07) is 8.14. The zero-order valence-corrected chi connectivity index (χ0v) is 12.9. The minimum absolute atomic E-state index is 0.502. The molecule has 1 heterocycles. The highest BCUT2D eigenvalue weighted by atomic mass is 15.2. The van der Waals surface area contributed by atoms with Crippen LogP contribution in [0.4, 0.5) is 0 Å². The number of benzene rings is 1. The molecule has 1 saturated heterocycles. The number of hydrogen-bond donors (Lipinski definition) is 1. The van der Waals surface area contributed by atoms with E-state index in [-0.39, 0.29) is 0 Å². The van der Waals surface area contributed by atoms with Crippen LogP contribution in [0.5, 0.6) is 0 Å². The quantitative estimate of drug-likeness (QED) is 0.895. The molecular weight excluding hydrogens is 232 g/mol. The largest absolute Gasteiger partial charge is 0.317 e. The van der Waals surface area contributed by atoms with Crippen molar-refractivity contribution in [2.75, 3.05) is 20.1 Å². The number of rotatable bonds is 3. The molecule has 106 valence electrons. The average molecular weight is 260 g/mol. The van der Waals surface area contributed by atoms with Gasteiger partial charge in [-0.25, -0.2) is 0 Å². The fraction of sp³-hybridized carbons (Fsp3) is 0.647. The molecule has 1 aromatic rings. The van der Waals surface area contributed by atoms with Crippen LogP contribution >= 0.6 is 0 Å².